The van der Waals surface area contributed by atoms with Gasteiger partial charge in [0.05, 0.1) is 11.1 Å². The summed E-state index contributed by atoms with van der Waals surface area (Å²) in [5, 5.41) is 6.71. The predicted molar refractivity (Wildman–Crippen MR) is 77.9 cm³/mol. The SMILES string of the molecule is Cc1c(N)cc(Cl)cc1S(=O)(=O)NC(C)c1cn[nH]c1. The van der Waals surface area contributed by atoms with E-state index in [0.717, 1.165) is 5.56 Å². The van der Waals surface area contributed by atoms with Crippen LogP contribution in [-0.4, -0.2) is 18.6 Å². The van der Waals surface area contributed by atoms with Gasteiger partial charge in [-0.1, -0.05) is 11.6 Å². The Hall–Kier alpha value is -1.57. The fraction of sp³-hybridized carbons (Fsp3) is 0.250. The number of anilines is 1. The molecule has 20 heavy (non-hydrogen) atoms. The van der Waals surface area contributed by atoms with Crippen molar-refractivity contribution in [3.63, 3.8) is 0 Å². The number of aromatic amines is 1. The summed E-state index contributed by atoms with van der Waals surface area (Å²) in [5.41, 5.74) is 7.30. The van der Waals surface area contributed by atoms with Gasteiger partial charge in [0.2, 0.25) is 10.0 Å². The Balaban J connectivity index is 2.36. The third kappa shape index (κ3) is 2.95. The highest BCUT2D eigenvalue weighted by atomic mass is 35.5. The van der Waals surface area contributed by atoms with Gasteiger partial charge in [-0.2, -0.15) is 5.10 Å². The van der Waals surface area contributed by atoms with Crippen LogP contribution in [0.2, 0.25) is 5.02 Å². The minimum Gasteiger partial charge on any atom is -0.398 e. The van der Waals surface area contributed by atoms with E-state index in [1.165, 1.54) is 12.1 Å². The molecule has 0 saturated heterocycles. The summed E-state index contributed by atoms with van der Waals surface area (Å²) in [6.07, 6.45) is 3.19. The monoisotopic (exact) mass is 314 g/mol. The van der Waals surface area contributed by atoms with Crippen molar-refractivity contribution in [2.45, 2.75) is 24.8 Å². The molecule has 108 valence electrons. The summed E-state index contributed by atoms with van der Waals surface area (Å²) in [5.74, 6) is 0. The van der Waals surface area contributed by atoms with Crippen molar-refractivity contribution >= 4 is 27.3 Å². The number of benzene rings is 1. The minimum atomic E-state index is -3.72. The molecular weight excluding hydrogens is 300 g/mol. The average Bonchev–Trinajstić information content (AvgIpc) is 2.86. The second kappa shape index (κ2) is 5.43. The van der Waals surface area contributed by atoms with E-state index in [0.29, 0.717) is 11.3 Å². The molecule has 0 bridgehead atoms. The molecule has 1 unspecified atom stereocenters. The lowest BCUT2D eigenvalue weighted by atomic mass is 10.2. The van der Waals surface area contributed by atoms with Crippen LogP contribution in [-0.2, 0) is 10.0 Å². The number of nitrogen functional groups attached to an aromatic ring is 1. The maximum atomic E-state index is 12.4. The van der Waals surface area contributed by atoms with E-state index < -0.39 is 16.1 Å². The maximum Gasteiger partial charge on any atom is 0.241 e. The Morgan fingerprint density at radius 3 is 2.75 bits per heavy atom. The third-order valence-corrected chi connectivity index (χ3v) is 4.89. The molecule has 0 fully saturated rings. The molecule has 1 atom stereocenters. The number of H-pyrrole nitrogens is 1. The molecule has 1 heterocycles. The van der Waals surface area contributed by atoms with Crippen LogP contribution in [0.15, 0.2) is 29.4 Å². The smallest absolute Gasteiger partial charge is 0.241 e. The van der Waals surface area contributed by atoms with Gasteiger partial charge in [-0.15, -0.1) is 0 Å². The number of nitrogens with one attached hydrogen (secondary N) is 2. The molecule has 0 aliphatic carbocycles. The maximum absolute atomic E-state index is 12.4. The second-order valence-corrected chi connectivity index (χ2v) is 6.61. The first-order chi connectivity index (χ1) is 9.31. The first-order valence-corrected chi connectivity index (χ1v) is 7.74. The molecule has 0 saturated carbocycles. The van der Waals surface area contributed by atoms with E-state index in [-0.39, 0.29) is 9.92 Å². The molecule has 0 spiro atoms. The van der Waals surface area contributed by atoms with Gasteiger partial charge in [0.25, 0.3) is 0 Å². The molecule has 1 aromatic carbocycles. The van der Waals surface area contributed by atoms with Crippen molar-refractivity contribution in [2.75, 3.05) is 5.73 Å². The Morgan fingerprint density at radius 2 is 2.15 bits per heavy atom. The van der Waals surface area contributed by atoms with Crippen LogP contribution in [0.3, 0.4) is 0 Å². The zero-order chi connectivity index (χ0) is 14.9. The molecule has 1 aromatic heterocycles. The Kier molecular flexibility index (Phi) is 4.03. The number of sulfonamides is 1. The van der Waals surface area contributed by atoms with Crippen LogP contribution in [0.5, 0.6) is 0 Å². The van der Waals surface area contributed by atoms with E-state index in [1.807, 2.05) is 0 Å². The molecule has 2 rings (SSSR count). The normalized spacial score (nSPS) is 13.3. The molecular formula is C12H15ClN4O2S. The van der Waals surface area contributed by atoms with Gasteiger partial charge in [-0.25, -0.2) is 13.1 Å². The van der Waals surface area contributed by atoms with E-state index in [2.05, 4.69) is 14.9 Å². The molecule has 0 amide bonds. The highest BCUT2D eigenvalue weighted by molar-refractivity contribution is 7.89. The molecule has 0 aliphatic heterocycles. The first kappa shape index (κ1) is 14.8. The van der Waals surface area contributed by atoms with Crippen molar-refractivity contribution in [3.8, 4) is 0 Å². The highest BCUT2D eigenvalue weighted by Crippen LogP contribution is 2.27. The van der Waals surface area contributed by atoms with E-state index >= 15 is 0 Å². The number of hydrogen-bond donors (Lipinski definition) is 3. The summed E-state index contributed by atoms with van der Waals surface area (Å²) < 4.78 is 27.4. The van der Waals surface area contributed by atoms with Gasteiger partial charge in [0.15, 0.2) is 0 Å². The van der Waals surface area contributed by atoms with Crippen LogP contribution in [0.1, 0.15) is 24.1 Å². The van der Waals surface area contributed by atoms with Crippen molar-refractivity contribution in [2.24, 2.45) is 0 Å². The van der Waals surface area contributed by atoms with Crippen molar-refractivity contribution in [1.29, 1.82) is 0 Å². The van der Waals surface area contributed by atoms with Crippen LogP contribution in [0.4, 0.5) is 5.69 Å². The molecule has 0 radical (unpaired) electrons. The number of nitrogens with two attached hydrogens (primary N) is 1. The van der Waals surface area contributed by atoms with E-state index in [9.17, 15) is 8.42 Å². The summed E-state index contributed by atoms with van der Waals surface area (Å²) in [6, 6.07) is 2.49. The van der Waals surface area contributed by atoms with Gasteiger partial charge in [-0.3, -0.25) is 5.10 Å². The van der Waals surface area contributed by atoms with E-state index in [1.54, 1.807) is 26.2 Å². The second-order valence-electron chi connectivity index (χ2n) is 4.49. The Bertz CT molecular complexity index is 713. The van der Waals surface area contributed by atoms with Crippen molar-refractivity contribution in [1.82, 2.24) is 14.9 Å². The van der Waals surface area contributed by atoms with Crippen LogP contribution >= 0.6 is 11.6 Å². The number of hydrogen-bond acceptors (Lipinski definition) is 4. The predicted octanol–water partition coefficient (Wildman–Crippen LogP) is 1.99. The Morgan fingerprint density at radius 1 is 1.45 bits per heavy atom. The third-order valence-electron chi connectivity index (χ3n) is 3.01. The lowest BCUT2D eigenvalue weighted by Crippen LogP contribution is -2.27. The van der Waals surface area contributed by atoms with Gasteiger partial charge < -0.3 is 5.73 Å². The summed E-state index contributed by atoms with van der Waals surface area (Å²) >= 11 is 5.88. The molecule has 2 aromatic rings. The van der Waals surface area contributed by atoms with Crippen LogP contribution in [0.25, 0.3) is 0 Å². The molecule has 8 heteroatoms. The largest absolute Gasteiger partial charge is 0.398 e. The van der Waals surface area contributed by atoms with Crippen LogP contribution < -0.4 is 10.5 Å². The number of rotatable bonds is 4. The fourth-order valence-electron chi connectivity index (χ4n) is 1.82. The number of nitrogens with zero attached hydrogens (tertiary/aromatic N) is 1. The zero-order valence-corrected chi connectivity index (χ0v) is 12.6. The van der Waals surface area contributed by atoms with E-state index in [4.69, 9.17) is 17.3 Å². The number of aromatic nitrogens is 2. The topological polar surface area (TPSA) is 101 Å². The first-order valence-electron chi connectivity index (χ1n) is 5.88. The highest BCUT2D eigenvalue weighted by Gasteiger charge is 2.22. The summed E-state index contributed by atoms with van der Waals surface area (Å²) in [4.78, 5) is 0.0813. The van der Waals surface area contributed by atoms with Gasteiger partial charge in [0, 0.05) is 28.5 Å². The lowest BCUT2D eigenvalue weighted by molar-refractivity contribution is 0.566. The molecule has 0 aliphatic rings. The van der Waals surface area contributed by atoms with Gasteiger partial charge >= 0.3 is 0 Å². The van der Waals surface area contributed by atoms with Gasteiger partial charge in [0.1, 0.15) is 0 Å². The Labute approximate surface area is 122 Å². The summed E-state index contributed by atoms with van der Waals surface area (Å²) in [7, 11) is -3.72. The zero-order valence-electron chi connectivity index (χ0n) is 11.0. The molecule has 4 N–H and O–H groups in total. The fourth-order valence-corrected chi connectivity index (χ4v) is 3.64. The number of halogens is 1. The standard InChI is InChI=1S/C12H15ClN4O2S/c1-7-11(14)3-10(13)4-12(7)20(18,19)17-8(2)9-5-15-16-6-9/h3-6,8,17H,14H2,1-2H3,(H,15,16). The minimum absolute atomic E-state index is 0.0813. The van der Waals surface area contributed by atoms with Crippen LogP contribution in [0, 0.1) is 6.92 Å². The molecule has 6 nitrogen and oxygen atoms in total. The lowest BCUT2D eigenvalue weighted by Gasteiger charge is -2.15. The average molecular weight is 315 g/mol. The van der Waals surface area contributed by atoms with Gasteiger partial charge in [-0.05, 0) is 31.5 Å². The quantitative estimate of drug-likeness (QED) is 0.751. The van der Waals surface area contributed by atoms with Crippen molar-refractivity contribution < 1.29 is 8.42 Å². The van der Waals surface area contributed by atoms with Crippen molar-refractivity contribution in [3.05, 3.63) is 40.7 Å². The summed E-state index contributed by atoms with van der Waals surface area (Å²) in [6.45, 7) is 3.37.